The Hall–Kier alpha value is -1.89. The zero-order valence-electron chi connectivity index (χ0n) is 16.9. The van der Waals surface area contributed by atoms with Crippen molar-refractivity contribution in [1.82, 2.24) is 9.88 Å². The van der Waals surface area contributed by atoms with Crippen molar-refractivity contribution in [2.45, 2.75) is 24.7 Å². The Morgan fingerprint density at radius 1 is 1.11 bits per heavy atom. The van der Waals surface area contributed by atoms with Crippen LogP contribution in [0, 0.1) is 0 Å². The summed E-state index contributed by atoms with van der Waals surface area (Å²) >= 11 is 3.28. The minimum atomic E-state index is 0.0171. The van der Waals surface area contributed by atoms with E-state index in [1.807, 2.05) is 35.4 Å². The van der Waals surface area contributed by atoms with Crippen molar-refractivity contribution in [3.05, 3.63) is 53.6 Å². The maximum absolute atomic E-state index is 13.3. The summed E-state index contributed by atoms with van der Waals surface area (Å²) in [5.74, 6) is 0.0171. The van der Waals surface area contributed by atoms with Gasteiger partial charge in [-0.05, 0) is 75.6 Å². The summed E-state index contributed by atoms with van der Waals surface area (Å²) in [5, 5.41) is 0.786. The molecule has 0 saturated carbocycles. The third kappa shape index (κ3) is 4.74. The molecule has 0 spiro atoms. The zero-order chi connectivity index (χ0) is 20.1. The Kier molecular flexibility index (Phi) is 7.10. The first-order valence-electron chi connectivity index (χ1n) is 9.52. The van der Waals surface area contributed by atoms with Crippen LogP contribution >= 0.6 is 23.1 Å². The Morgan fingerprint density at radius 3 is 2.50 bits per heavy atom. The minimum Gasteiger partial charge on any atom is -0.309 e. The number of amides is 1. The molecule has 0 saturated heterocycles. The van der Waals surface area contributed by atoms with E-state index in [9.17, 15) is 4.79 Å². The molecule has 0 atom stereocenters. The van der Waals surface area contributed by atoms with Gasteiger partial charge in [0.2, 0.25) is 0 Å². The van der Waals surface area contributed by atoms with E-state index in [0.29, 0.717) is 12.1 Å². The molecule has 0 aliphatic heterocycles. The molecule has 0 radical (unpaired) electrons. The normalized spacial score (nSPS) is 11.3. The molecule has 0 aliphatic carbocycles. The number of carbonyl (C=O) groups is 1. The number of rotatable bonds is 8. The predicted molar refractivity (Wildman–Crippen MR) is 122 cm³/mol. The fraction of sp³-hybridized carbons (Fsp3) is 0.364. The van der Waals surface area contributed by atoms with Crippen molar-refractivity contribution in [3.8, 4) is 0 Å². The van der Waals surface area contributed by atoms with Gasteiger partial charge in [0.25, 0.3) is 5.91 Å². The van der Waals surface area contributed by atoms with Gasteiger partial charge >= 0.3 is 0 Å². The molecule has 2 aromatic carbocycles. The number of benzene rings is 2. The highest BCUT2D eigenvalue weighted by atomic mass is 32.2. The Bertz CT molecular complexity index is 935. The Balaban J connectivity index is 1.94. The maximum atomic E-state index is 13.3. The highest BCUT2D eigenvalue weighted by molar-refractivity contribution is 7.98. The molecule has 0 aliphatic rings. The molecule has 0 unspecified atom stereocenters. The topological polar surface area (TPSA) is 36.4 Å². The van der Waals surface area contributed by atoms with Crippen LogP contribution in [0.25, 0.3) is 10.2 Å². The first-order valence-corrected chi connectivity index (χ1v) is 11.6. The van der Waals surface area contributed by atoms with E-state index in [2.05, 4.69) is 44.1 Å². The van der Waals surface area contributed by atoms with Gasteiger partial charge in [0.15, 0.2) is 5.13 Å². The second kappa shape index (κ2) is 9.54. The van der Waals surface area contributed by atoms with Crippen LogP contribution in [0.4, 0.5) is 5.13 Å². The number of thiazole rings is 1. The van der Waals surface area contributed by atoms with Crippen LogP contribution in [0.2, 0.25) is 0 Å². The monoisotopic (exact) mass is 413 g/mol. The fourth-order valence-corrected chi connectivity index (χ4v) is 4.56. The highest BCUT2D eigenvalue weighted by Crippen LogP contribution is 2.32. The number of aromatic nitrogens is 1. The average molecular weight is 414 g/mol. The van der Waals surface area contributed by atoms with Crippen molar-refractivity contribution in [3.63, 3.8) is 0 Å². The SMILES string of the molecule is CCc1cccc2sc(N(CCCN(C)C)C(=O)c3ccc(SC)cc3)nc12. The number of hydrogen-bond acceptors (Lipinski definition) is 5. The standard InChI is InChI=1S/C22H27N3OS2/c1-5-16-8-6-9-19-20(16)23-22(28-19)25(15-7-14-24(2)3)21(26)17-10-12-18(27-4)13-11-17/h6,8-13H,5,7,14-15H2,1-4H3. The van der Waals surface area contributed by atoms with Crippen LogP contribution in [0.5, 0.6) is 0 Å². The summed E-state index contributed by atoms with van der Waals surface area (Å²) in [6.45, 7) is 3.73. The summed E-state index contributed by atoms with van der Waals surface area (Å²) in [7, 11) is 4.11. The predicted octanol–water partition coefficient (Wildman–Crippen LogP) is 5.18. The number of fused-ring (bicyclic) bond motifs is 1. The van der Waals surface area contributed by atoms with E-state index in [0.717, 1.165) is 39.6 Å². The molecule has 3 rings (SSSR count). The lowest BCUT2D eigenvalue weighted by Gasteiger charge is -2.21. The van der Waals surface area contributed by atoms with Crippen molar-refractivity contribution >= 4 is 44.4 Å². The molecular weight excluding hydrogens is 386 g/mol. The van der Waals surface area contributed by atoms with Crippen molar-refractivity contribution < 1.29 is 4.79 Å². The van der Waals surface area contributed by atoms with Gasteiger partial charge in [-0.25, -0.2) is 4.98 Å². The van der Waals surface area contributed by atoms with Gasteiger partial charge in [-0.15, -0.1) is 11.8 Å². The van der Waals surface area contributed by atoms with Crippen LogP contribution in [0.15, 0.2) is 47.4 Å². The molecule has 148 valence electrons. The number of hydrogen-bond donors (Lipinski definition) is 0. The van der Waals surface area contributed by atoms with Crippen molar-refractivity contribution in [2.24, 2.45) is 0 Å². The quantitative estimate of drug-likeness (QED) is 0.477. The summed E-state index contributed by atoms with van der Waals surface area (Å²) in [5.41, 5.74) is 2.95. The second-order valence-corrected chi connectivity index (χ2v) is 8.84. The number of para-hydroxylation sites is 1. The Morgan fingerprint density at radius 2 is 1.86 bits per heavy atom. The summed E-state index contributed by atoms with van der Waals surface area (Å²) < 4.78 is 1.14. The van der Waals surface area contributed by atoms with Gasteiger partial charge in [-0.2, -0.15) is 0 Å². The molecule has 1 heterocycles. The van der Waals surface area contributed by atoms with Gasteiger partial charge < -0.3 is 4.90 Å². The third-order valence-electron chi connectivity index (χ3n) is 4.67. The van der Waals surface area contributed by atoms with Crippen LogP contribution in [-0.2, 0) is 6.42 Å². The zero-order valence-corrected chi connectivity index (χ0v) is 18.6. The molecular formula is C22H27N3OS2. The van der Waals surface area contributed by atoms with Crippen LogP contribution in [0.1, 0.15) is 29.3 Å². The molecule has 28 heavy (non-hydrogen) atoms. The molecule has 0 bridgehead atoms. The molecule has 6 heteroatoms. The molecule has 0 fully saturated rings. The molecule has 1 aromatic heterocycles. The largest absolute Gasteiger partial charge is 0.309 e. The molecule has 1 amide bonds. The number of nitrogens with zero attached hydrogens (tertiary/aromatic N) is 3. The van der Waals surface area contributed by atoms with Crippen molar-refractivity contribution in [2.75, 3.05) is 38.3 Å². The fourth-order valence-electron chi connectivity index (χ4n) is 3.11. The third-order valence-corrected chi connectivity index (χ3v) is 6.46. The van der Waals surface area contributed by atoms with Crippen LogP contribution < -0.4 is 4.90 Å². The van der Waals surface area contributed by atoms with E-state index in [4.69, 9.17) is 4.98 Å². The van der Waals surface area contributed by atoms with E-state index >= 15 is 0 Å². The summed E-state index contributed by atoms with van der Waals surface area (Å²) in [4.78, 5) is 23.3. The van der Waals surface area contributed by atoms with E-state index in [1.165, 1.54) is 5.56 Å². The lowest BCUT2D eigenvalue weighted by molar-refractivity contribution is 0.0986. The minimum absolute atomic E-state index is 0.0171. The molecule has 0 N–H and O–H groups in total. The molecule has 4 nitrogen and oxygen atoms in total. The number of thioether (sulfide) groups is 1. The number of aryl methyl sites for hydroxylation is 1. The highest BCUT2D eigenvalue weighted by Gasteiger charge is 2.21. The van der Waals surface area contributed by atoms with Gasteiger partial charge in [0.1, 0.15) is 0 Å². The summed E-state index contributed by atoms with van der Waals surface area (Å²) in [6.07, 6.45) is 3.88. The lowest BCUT2D eigenvalue weighted by Crippen LogP contribution is -2.33. The molecule has 3 aromatic rings. The van der Waals surface area contributed by atoms with Crippen LogP contribution in [0.3, 0.4) is 0 Å². The first-order chi connectivity index (χ1) is 13.5. The lowest BCUT2D eigenvalue weighted by atomic mass is 10.1. The van der Waals surface area contributed by atoms with E-state index in [-0.39, 0.29) is 5.91 Å². The smallest absolute Gasteiger partial charge is 0.260 e. The number of anilines is 1. The van der Waals surface area contributed by atoms with E-state index in [1.54, 1.807) is 23.1 Å². The van der Waals surface area contributed by atoms with Gasteiger partial charge in [-0.3, -0.25) is 9.69 Å². The van der Waals surface area contributed by atoms with Gasteiger partial charge in [-0.1, -0.05) is 30.4 Å². The first kappa shape index (κ1) is 20.8. The summed E-state index contributed by atoms with van der Waals surface area (Å²) in [6, 6.07) is 14.1. The number of carbonyl (C=O) groups excluding carboxylic acids is 1. The maximum Gasteiger partial charge on any atom is 0.260 e. The van der Waals surface area contributed by atoms with Gasteiger partial charge in [0.05, 0.1) is 10.2 Å². The average Bonchev–Trinajstić information content (AvgIpc) is 3.14. The second-order valence-electron chi connectivity index (χ2n) is 6.96. The van der Waals surface area contributed by atoms with Crippen molar-refractivity contribution in [1.29, 1.82) is 0 Å². The Labute approximate surface area is 175 Å². The van der Waals surface area contributed by atoms with Gasteiger partial charge in [0, 0.05) is 17.0 Å². The van der Waals surface area contributed by atoms with Crippen LogP contribution in [-0.4, -0.2) is 49.2 Å². The van der Waals surface area contributed by atoms with E-state index < -0.39 is 0 Å².